The Hall–Kier alpha value is 0.140. The first-order chi connectivity index (χ1) is 4.20. The van der Waals surface area contributed by atoms with Crippen LogP contribution >= 0.6 is 22.6 Å². The van der Waals surface area contributed by atoms with Gasteiger partial charge in [-0.15, -0.1) is 0 Å². The van der Waals surface area contributed by atoms with Crippen molar-refractivity contribution in [3.05, 3.63) is 9.66 Å². The number of carbonyl (C=O) groups excluding carboxylic acids is 1. The molecule has 0 fully saturated rings. The molecule has 0 amide bonds. The zero-order valence-corrected chi connectivity index (χ0v) is 7.51. The minimum atomic E-state index is 0.314. The number of allylic oxidation sites excluding steroid dienone is 2. The lowest BCUT2D eigenvalue weighted by Gasteiger charge is -2.11. The summed E-state index contributed by atoms with van der Waals surface area (Å²) in [4.78, 5) is 10.9. The van der Waals surface area contributed by atoms with Crippen LogP contribution in [0.3, 0.4) is 0 Å². The topological polar surface area (TPSA) is 17.1 Å². The van der Waals surface area contributed by atoms with Gasteiger partial charge in [0.05, 0.1) is 3.58 Å². The average molecular weight is 236 g/mol. The molecular formula is C7H9IO. The lowest BCUT2D eigenvalue weighted by Crippen LogP contribution is -2.07. The summed E-state index contributed by atoms with van der Waals surface area (Å²) in [5.74, 6) is 0.920. The fraction of sp³-hybridized carbons (Fsp3) is 0.571. The molecule has 1 nitrogen and oxygen atoms in total. The number of halogens is 1. The molecule has 1 atom stereocenters. The fourth-order valence-corrected chi connectivity index (χ4v) is 1.79. The van der Waals surface area contributed by atoms with Gasteiger partial charge in [-0.05, 0) is 34.9 Å². The van der Waals surface area contributed by atoms with Crippen molar-refractivity contribution in [2.75, 3.05) is 0 Å². The molecule has 1 aliphatic carbocycles. The summed E-state index contributed by atoms with van der Waals surface area (Å²) in [6, 6.07) is 0. The summed E-state index contributed by atoms with van der Waals surface area (Å²) < 4.78 is 0.923. The van der Waals surface area contributed by atoms with E-state index in [1.807, 2.05) is 6.08 Å². The zero-order valence-electron chi connectivity index (χ0n) is 5.36. The maximum absolute atomic E-state index is 10.9. The Kier molecular flexibility index (Phi) is 2.27. The SMILES string of the molecule is CC1C=C(I)C(=O)CC1. The Labute approximate surface area is 68.7 Å². The number of Topliss-reactive ketones (excluding diaryl/α,β-unsaturated/α-hetero) is 1. The van der Waals surface area contributed by atoms with Gasteiger partial charge in [0.15, 0.2) is 5.78 Å². The molecule has 0 bridgehead atoms. The van der Waals surface area contributed by atoms with Crippen LogP contribution in [0.25, 0.3) is 0 Å². The normalized spacial score (nSPS) is 28.0. The van der Waals surface area contributed by atoms with Gasteiger partial charge in [0, 0.05) is 6.42 Å². The third-order valence-electron chi connectivity index (χ3n) is 1.52. The predicted molar refractivity (Wildman–Crippen MR) is 45.5 cm³/mol. The first kappa shape index (κ1) is 7.25. The van der Waals surface area contributed by atoms with Gasteiger partial charge < -0.3 is 0 Å². The van der Waals surface area contributed by atoms with Gasteiger partial charge in [-0.25, -0.2) is 0 Å². The van der Waals surface area contributed by atoms with Gasteiger partial charge in [-0.3, -0.25) is 4.79 Å². The van der Waals surface area contributed by atoms with Crippen molar-refractivity contribution in [1.82, 2.24) is 0 Å². The van der Waals surface area contributed by atoms with Gasteiger partial charge in [-0.2, -0.15) is 0 Å². The van der Waals surface area contributed by atoms with Gasteiger partial charge >= 0.3 is 0 Å². The Bertz CT molecular complexity index is 160. The average Bonchev–Trinajstić information content (AvgIpc) is 1.80. The standard InChI is InChI=1S/C7H9IO/c1-5-2-3-7(9)6(8)4-5/h4-5H,2-3H2,1H3. The number of hydrogen-bond donors (Lipinski definition) is 0. The van der Waals surface area contributed by atoms with E-state index in [-0.39, 0.29) is 0 Å². The van der Waals surface area contributed by atoms with Crippen LogP contribution in [-0.2, 0) is 4.79 Å². The Morgan fingerprint density at radius 2 is 2.44 bits per heavy atom. The molecule has 50 valence electrons. The van der Waals surface area contributed by atoms with Crippen molar-refractivity contribution in [2.24, 2.45) is 5.92 Å². The van der Waals surface area contributed by atoms with Gasteiger partial charge in [0.25, 0.3) is 0 Å². The predicted octanol–water partition coefficient (Wildman–Crippen LogP) is 2.30. The molecule has 1 rings (SSSR count). The van der Waals surface area contributed by atoms with E-state index in [4.69, 9.17) is 0 Å². The van der Waals surface area contributed by atoms with Crippen LogP contribution in [0.1, 0.15) is 19.8 Å². The monoisotopic (exact) mass is 236 g/mol. The smallest absolute Gasteiger partial charge is 0.168 e. The van der Waals surface area contributed by atoms with Gasteiger partial charge in [0.1, 0.15) is 0 Å². The highest BCUT2D eigenvalue weighted by molar-refractivity contribution is 14.1. The van der Waals surface area contributed by atoms with Crippen LogP contribution in [0.4, 0.5) is 0 Å². The highest BCUT2D eigenvalue weighted by atomic mass is 127. The van der Waals surface area contributed by atoms with E-state index in [2.05, 4.69) is 29.5 Å². The summed E-state index contributed by atoms with van der Waals surface area (Å²) in [6.07, 6.45) is 3.83. The second kappa shape index (κ2) is 2.82. The van der Waals surface area contributed by atoms with Crippen LogP contribution in [0, 0.1) is 5.92 Å². The fourth-order valence-electron chi connectivity index (χ4n) is 0.904. The number of carbonyl (C=O) groups is 1. The number of hydrogen-bond acceptors (Lipinski definition) is 1. The maximum atomic E-state index is 10.9. The summed E-state index contributed by atoms with van der Waals surface area (Å²) >= 11 is 2.11. The van der Waals surface area contributed by atoms with Crippen molar-refractivity contribution < 1.29 is 4.79 Å². The van der Waals surface area contributed by atoms with E-state index < -0.39 is 0 Å². The molecular weight excluding hydrogens is 227 g/mol. The van der Waals surface area contributed by atoms with Gasteiger partial charge in [0.2, 0.25) is 0 Å². The Morgan fingerprint density at radius 3 is 2.89 bits per heavy atom. The first-order valence-corrected chi connectivity index (χ1v) is 4.18. The molecule has 0 aliphatic heterocycles. The quantitative estimate of drug-likeness (QED) is 0.590. The lowest BCUT2D eigenvalue weighted by molar-refractivity contribution is -0.115. The molecule has 0 aromatic rings. The summed E-state index contributed by atoms with van der Waals surface area (Å²) in [6.45, 7) is 2.14. The van der Waals surface area contributed by atoms with Crippen molar-refractivity contribution in [2.45, 2.75) is 19.8 Å². The molecule has 1 aliphatic rings. The second-order valence-electron chi connectivity index (χ2n) is 2.45. The molecule has 2 heteroatoms. The molecule has 0 aromatic heterocycles. The summed E-state index contributed by atoms with van der Waals surface area (Å²) in [7, 11) is 0. The minimum Gasteiger partial charge on any atom is -0.294 e. The maximum Gasteiger partial charge on any atom is 0.168 e. The minimum absolute atomic E-state index is 0.314. The first-order valence-electron chi connectivity index (χ1n) is 3.10. The molecule has 1 unspecified atom stereocenters. The van der Waals surface area contributed by atoms with E-state index in [1.165, 1.54) is 0 Å². The summed E-state index contributed by atoms with van der Waals surface area (Å²) in [5.41, 5.74) is 0. The lowest BCUT2D eigenvalue weighted by atomic mass is 9.97. The van der Waals surface area contributed by atoms with E-state index in [9.17, 15) is 4.79 Å². The highest BCUT2D eigenvalue weighted by Crippen LogP contribution is 2.23. The Morgan fingerprint density at radius 1 is 1.78 bits per heavy atom. The van der Waals surface area contributed by atoms with E-state index in [0.717, 1.165) is 16.4 Å². The van der Waals surface area contributed by atoms with Crippen LogP contribution in [0.2, 0.25) is 0 Å². The van der Waals surface area contributed by atoms with Crippen molar-refractivity contribution >= 4 is 28.4 Å². The van der Waals surface area contributed by atoms with Crippen LogP contribution in [0.15, 0.2) is 9.66 Å². The molecule has 0 radical (unpaired) electrons. The third-order valence-corrected chi connectivity index (χ3v) is 2.49. The molecule has 0 N–H and O–H groups in total. The third kappa shape index (κ3) is 1.78. The largest absolute Gasteiger partial charge is 0.294 e. The zero-order chi connectivity index (χ0) is 6.85. The molecule has 0 heterocycles. The summed E-state index contributed by atoms with van der Waals surface area (Å²) in [5, 5.41) is 0. The van der Waals surface area contributed by atoms with Gasteiger partial charge in [-0.1, -0.05) is 13.0 Å². The van der Waals surface area contributed by atoms with E-state index >= 15 is 0 Å². The molecule has 0 saturated heterocycles. The molecule has 0 saturated carbocycles. The highest BCUT2D eigenvalue weighted by Gasteiger charge is 2.14. The second-order valence-corrected chi connectivity index (χ2v) is 3.62. The molecule has 9 heavy (non-hydrogen) atoms. The van der Waals surface area contributed by atoms with Crippen molar-refractivity contribution in [3.8, 4) is 0 Å². The Balaban J connectivity index is 2.72. The van der Waals surface area contributed by atoms with Crippen molar-refractivity contribution in [3.63, 3.8) is 0 Å². The number of ketones is 1. The van der Waals surface area contributed by atoms with Crippen molar-refractivity contribution in [1.29, 1.82) is 0 Å². The van der Waals surface area contributed by atoms with E-state index in [0.29, 0.717) is 11.7 Å². The van der Waals surface area contributed by atoms with E-state index in [1.54, 1.807) is 0 Å². The van der Waals surface area contributed by atoms with Crippen LogP contribution in [-0.4, -0.2) is 5.78 Å². The molecule has 0 aromatic carbocycles. The van der Waals surface area contributed by atoms with Crippen LogP contribution < -0.4 is 0 Å². The molecule has 0 spiro atoms. The number of rotatable bonds is 0. The van der Waals surface area contributed by atoms with Crippen LogP contribution in [0.5, 0.6) is 0 Å².